The third-order valence-corrected chi connectivity index (χ3v) is 4.64. The van der Waals surface area contributed by atoms with E-state index in [1.165, 1.54) is 0 Å². The van der Waals surface area contributed by atoms with Gasteiger partial charge in [-0.2, -0.15) is 0 Å². The molecule has 24 heavy (non-hydrogen) atoms. The molecule has 1 aromatic carbocycles. The van der Waals surface area contributed by atoms with Gasteiger partial charge in [0.1, 0.15) is 0 Å². The number of aliphatic hydroxyl groups is 1. The zero-order valence-electron chi connectivity index (χ0n) is 13.1. The quantitative estimate of drug-likeness (QED) is 0.679. The predicted molar refractivity (Wildman–Crippen MR) is 90.9 cm³/mol. The molecule has 2 heterocycles. The fourth-order valence-electron chi connectivity index (χ4n) is 3.32. The highest BCUT2D eigenvalue weighted by molar-refractivity contribution is 5.97. The summed E-state index contributed by atoms with van der Waals surface area (Å²) in [5, 5.41) is 13.1. The summed E-state index contributed by atoms with van der Waals surface area (Å²) in [6.07, 6.45) is 6.79. The second-order valence-corrected chi connectivity index (χ2v) is 6.30. The summed E-state index contributed by atoms with van der Waals surface area (Å²) in [7, 11) is 0. The molecular formula is C17H19N5O2. The van der Waals surface area contributed by atoms with Gasteiger partial charge in [0.25, 0.3) is 0 Å². The molecule has 124 valence electrons. The highest BCUT2D eigenvalue weighted by Crippen LogP contribution is 2.26. The van der Waals surface area contributed by atoms with Crippen molar-refractivity contribution in [3.63, 3.8) is 0 Å². The molecule has 7 heteroatoms. The van der Waals surface area contributed by atoms with Gasteiger partial charge >= 0.3 is 0 Å². The van der Waals surface area contributed by atoms with Crippen molar-refractivity contribution < 1.29 is 9.90 Å². The standard InChI is InChI=1S/C17H19N5O2/c18-15(24)10-1-6-14-13(9-10)21-16(17-19-7-8-22(14)17)20-11-2-4-12(23)5-3-11/h1,6-9,11-12,23H,2-5H2,(H2,18,24)(H,20,21). The molecule has 0 aliphatic heterocycles. The van der Waals surface area contributed by atoms with Gasteiger partial charge in [0.2, 0.25) is 5.91 Å². The maximum absolute atomic E-state index is 11.4. The SMILES string of the molecule is NC(=O)c1ccc2c(c1)nc(NC1CCC(O)CC1)c1nccn12. The first-order chi connectivity index (χ1) is 11.6. The Kier molecular flexibility index (Phi) is 3.57. The Morgan fingerprint density at radius 2 is 2.08 bits per heavy atom. The second-order valence-electron chi connectivity index (χ2n) is 6.30. The molecule has 0 saturated heterocycles. The van der Waals surface area contributed by atoms with Crippen molar-refractivity contribution in [3.8, 4) is 0 Å². The van der Waals surface area contributed by atoms with Gasteiger partial charge in [-0.15, -0.1) is 0 Å². The Hall–Kier alpha value is -2.67. The molecule has 1 saturated carbocycles. The lowest BCUT2D eigenvalue weighted by Crippen LogP contribution is -2.28. The van der Waals surface area contributed by atoms with E-state index in [-0.39, 0.29) is 12.1 Å². The number of carbonyl (C=O) groups excluding carboxylic acids is 1. The van der Waals surface area contributed by atoms with Crippen molar-refractivity contribution in [2.45, 2.75) is 37.8 Å². The van der Waals surface area contributed by atoms with Crippen LogP contribution in [0.1, 0.15) is 36.0 Å². The van der Waals surface area contributed by atoms with E-state index in [2.05, 4.69) is 15.3 Å². The zero-order chi connectivity index (χ0) is 16.7. The van der Waals surface area contributed by atoms with Gasteiger partial charge in [0.15, 0.2) is 11.5 Å². The van der Waals surface area contributed by atoms with E-state index in [0.717, 1.165) is 36.8 Å². The van der Waals surface area contributed by atoms with Crippen LogP contribution in [0.3, 0.4) is 0 Å². The third-order valence-electron chi connectivity index (χ3n) is 4.64. The van der Waals surface area contributed by atoms with Gasteiger partial charge in [-0.25, -0.2) is 9.97 Å². The molecule has 1 aliphatic carbocycles. The molecule has 4 N–H and O–H groups in total. The van der Waals surface area contributed by atoms with Crippen LogP contribution in [0.4, 0.5) is 5.82 Å². The van der Waals surface area contributed by atoms with Gasteiger partial charge in [0.05, 0.1) is 17.1 Å². The van der Waals surface area contributed by atoms with Gasteiger partial charge in [-0.05, 0) is 43.9 Å². The molecule has 0 atom stereocenters. The largest absolute Gasteiger partial charge is 0.393 e. The van der Waals surface area contributed by atoms with Crippen LogP contribution in [-0.2, 0) is 0 Å². The first kappa shape index (κ1) is 14.9. The lowest BCUT2D eigenvalue weighted by Gasteiger charge is -2.26. The molecule has 0 bridgehead atoms. The van der Waals surface area contributed by atoms with Crippen molar-refractivity contribution in [1.82, 2.24) is 14.4 Å². The normalized spacial score (nSPS) is 21.2. The van der Waals surface area contributed by atoms with Crippen LogP contribution < -0.4 is 11.1 Å². The number of rotatable bonds is 3. The molecule has 7 nitrogen and oxygen atoms in total. The first-order valence-corrected chi connectivity index (χ1v) is 8.13. The number of hydrogen-bond acceptors (Lipinski definition) is 5. The number of aromatic nitrogens is 3. The Morgan fingerprint density at radius 3 is 2.83 bits per heavy atom. The van der Waals surface area contributed by atoms with E-state index >= 15 is 0 Å². The lowest BCUT2D eigenvalue weighted by molar-refractivity contribution is 0.100. The van der Waals surface area contributed by atoms with Crippen LogP contribution >= 0.6 is 0 Å². The van der Waals surface area contributed by atoms with Gasteiger partial charge in [0, 0.05) is 24.0 Å². The highest BCUT2D eigenvalue weighted by atomic mass is 16.3. The molecule has 2 aromatic heterocycles. The smallest absolute Gasteiger partial charge is 0.248 e. The fourth-order valence-corrected chi connectivity index (χ4v) is 3.32. The van der Waals surface area contributed by atoms with Crippen molar-refractivity contribution in [1.29, 1.82) is 0 Å². The second kappa shape index (κ2) is 5.76. The third kappa shape index (κ3) is 2.56. The van der Waals surface area contributed by atoms with Crippen LogP contribution in [0.25, 0.3) is 16.7 Å². The minimum atomic E-state index is -0.472. The molecule has 0 spiro atoms. The van der Waals surface area contributed by atoms with Crippen LogP contribution in [0.15, 0.2) is 30.6 Å². The number of primary amides is 1. The van der Waals surface area contributed by atoms with Gasteiger partial charge in [-0.1, -0.05) is 0 Å². The zero-order valence-corrected chi connectivity index (χ0v) is 13.1. The number of anilines is 1. The van der Waals surface area contributed by atoms with Gasteiger partial charge in [-0.3, -0.25) is 9.20 Å². The molecule has 1 aliphatic rings. The average molecular weight is 325 g/mol. The molecule has 0 radical (unpaired) electrons. The molecule has 3 aromatic rings. The van der Waals surface area contributed by atoms with Crippen molar-refractivity contribution >= 4 is 28.4 Å². The Morgan fingerprint density at radius 1 is 1.29 bits per heavy atom. The number of nitrogens with two attached hydrogens (primary N) is 1. The maximum Gasteiger partial charge on any atom is 0.248 e. The summed E-state index contributed by atoms with van der Waals surface area (Å²) in [5.41, 5.74) is 8.12. The monoisotopic (exact) mass is 325 g/mol. The lowest BCUT2D eigenvalue weighted by atomic mass is 9.93. The summed E-state index contributed by atoms with van der Waals surface area (Å²) in [5.74, 6) is 0.218. The topological polar surface area (TPSA) is 106 Å². The minimum Gasteiger partial charge on any atom is -0.393 e. The first-order valence-electron chi connectivity index (χ1n) is 8.13. The molecule has 1 amide bonds. The van der Waals surface area contributed by atoms with E-state index in [1.54, 1.807) is 18.3 Å². The van der Waals surface area contributed by atoms with Crippen molar-refractivity contribution in [2.24, 2.45) is 5.73 Å². The van der Waals surface area contributed by atoms with Crippen molar-refractivity contribution in [2.75, 3.05) is 5.32 Å². The van der Waals surface area contributed by atoms with E-state index in [0.29, 0.717) is 16.9 Å². The number of aliphatic hydroxyl groups excluding tert-OH is 1. The number of nitrogens with zero attached hydrogens (tertiary/aromatic N) is 3. The number of carbonyl (C=O) groups is 1. The number of hydrogen-bond donors (Lipinski definition) is 3. The average Bonchev–Trinajstić information content (AvgIpc) is 3.06. The van der Waals surface area contributed by atoms with Crippen LogP contribution in [-0.4, -0.2) is 37.5 Å². The van der Waals surface area contributed by atoms with Crippen LogP contribution in [0.5, 0.6) is 0 Å². The van der Waals surface area contributed by atoms with E-state index in [1.807, 2.05) is 16.7 Å². The van der Waals surface area contributed by atoms with Crippen molar-refractivity contribution in [3.05, 3.63) is 36.2 Å². The summed E-state index contributed by atoms with van der Waals surface area (Å²) >= 11 is 0. The molecule has 1 fully saturated rings. The summed E-state index contributed by atoms with van der Waals surface area (Å²) in [6, 6.07) is 5.49. The Bertz CT molecular complexity index is 912. The molecule has 4 rings (SSSR count). The summed E-state index contributed by atoms with van der Waals surface area (Å²) in [6.45, 7) is 0. The number of imidazole rings is 1. The fraction of sp³-hybridized carbons (Fsp3) is 0.353. The highest BCUT2D eigenvalue weighted by Gasteiger charge is 2.21. The van der Waals surface area contributed by atoms with Crippen LogP contribution in [0, 0.1) is 0 Å². The van der Waals surface area contributed by atoms with E-state index in [4.69, 9.17) is 5.73 Å². The van der Waals surface area contributed by atoms with Gasteiger partial charge < -0.3 is 16.2 Å². The predicted octanol–water partition coefficient (Wildman–Crippen LogP) is 1.70. The number of benzene rings is 1. The summed E-state index contributed by atoms with van der Waals surface area (Å²) in [4.78, 5) is 20.5. The molecule has 0 unspecified atom stereocenters. The number of fused-ring (bicyclic) bond motifs is 3. The maximum atomic E-state index is 11.4. The summed E-state index contributed by atoms with van der Waals surface area (Å²) < 4.78 is 1.95. The number of amides is 1. The minimum absolute atomic E-state index is 0.197. The number of nitrogens with one attached hydrogen (secondary N) is 1. The van der Waals surface area contributed by atoms with Crippen LogP contribution in [0.2, 0.25) is 0 Å². The Balaban J connectivity index is 1.78. The van der Waals surface area contributed by atoms with E-state index < -0.39 is 5.91 Å². The molecular weight excluding hydrogens is 306 g/mol. The Labute approximate surface area is 138 Å². The van der Waals surface area contributed by atoms with E-state index in [9.17, 15) is 9.90 Å².